The second-order valence-electron chi connectivity index (χ2n) is 7.54. The van der Waals surface area contributed by atoms with Crippen molar-refractivity contribution < 1.29 is 18.6 Å². The number of hydrogen-bond acceptors (Lipinski definition) is 5. The number of rotatable bonds is 9. The van der Waals surface area contributed by atoms with Crippen molar-refractivity contribution in [3.05, 3.63) is 88.3 Å². The van der Waals surface area contributed by atoms with Gasteiger partial charge in [-0.05, 0) is 85.1 Å². The molecular formula is C27H27FN2O3S. The van der Waals surface area contributed by atoms with Gasteiger partial charge in [0, 0.05) is 11.9 Å². The van der Waals surface area contributed by atoms with E-state index >= 15 is 0 Å². The molecule has 4 aromatic rings. The molecule has 0 fully saturated rings. The van der Waals surface area contributed by atoms with Crippen molar-refractivity contribution in [2.24, 2.45) is 4.99 Å². The van der Waals surface area contributed by atoms with Gasteiger partial charge in [-0.25, -0.2) is 9.38 Å². The van der Waals surface area contributed by atoms with Gasteiger partial charge in [-0.2, -0.15) is 0 Å². The van der Waals surface area contributed by atoms with Gasteiger partial charge in [0.15, 0.2) is 16.3 Å². The Hall–Kier alpha value is -3.58. The molecule has 7 heteroatoms. The minimum absolute atomic E-state index is 0.254. The minimum Gasteiger partial charge on any atom is -0.494 e. The SMILES string of the molecule is CCOc1ccc(N=c2scc(-c3ccc(F)cc3)n2CCc2ccc(OC)c(OC)c2)cc1. The number of nitrogens with zero attached hydrogens (tertiary/aromatic N) is 2. The molecule has 0 spiro atoms. The Balaban J connectivity index is 1.69. The zero-order valence-corrected chi connectivity index (χ0v) is 20.3. The van der Waals surface area contributed by atoms with Crippen molar-refractivity contribution >= 4 is 17.0 Å². The van der Waals surface area contributed by atoms with Crippen LogP contribution in [-0.4, -0.2) is 25.4 Å². The Morgan fingerprint density at radius 3 is 2.32 bits per heavy atom. The summed E-state index contributed by atoms with van der Waals surface area (Å²) in [5, 5.41) is 2.06. The lowest BCUT2D eigenvalue weighted by molar-refractivity contribution is 0.340. The number of methoxy groups -OCH3 is 2. The number of hydrogen-bond donors (Lipinski definition) is 0. The predicted molar refractivity (Wildman–Crippen MR) is 134 cm³/mol. The number of aryl methyl sites for hydroxylation is 1. The fraction of sp³-hybridized carbons (Fsp3) is 0.222. The lowest BCUT2D eigenvalue weighted by atomic mass is 10.1. The summed E-state index contributed by atoms with van der Waals surface area (Å²) in [5.74, 6) is 1.97. The average molecular weight is 479 g/mol. The topological polar surface area (TPSA) is 45.0 Å². The molecule has 5 nitrogen and oxygen atoms in total. The van der Waals surface area contributed by atoms with E-state index in [0.29, 0.717) is 24.7 Å². The van der Waals surface area contributed by atoms with E-state index in [-0.39, 0.29) is 5.82 Å². The molecule has 0 atom stereocenters. The molecule has 0 bridgehead atoms. The molecule has 0 radical (unpaired) electrons. The van der Waals surface area contributed by atoms with Crippen molar-refractivity contribution in [1.82, 2.24) is 4.57 Å². The Labute approximate surface area is 202 Å². The molecule has 176 valence electrons. The number of benzene rings is 3. The maximum absolute atomic E-state index is 13.5. The van der Waals surface area contributed by atoms with E-state index in [1.807, 2.05) is 49.4 Å². The molecule has 3 aromatic carbocycles. The van der Waals surface area contributed by atoms with E-state index < -0.39 is 0 Å². The van der Waals surface area contributed by atoms with Gasteiger partial charge >= 0.3 is 0 Å². The van der Waals surface area contributed by atoms with E-state index in [4.69, 9.17) is 19.2 Å². The number of ether oxygens (including phenoxy) is 3. The number of thiazole rings is 1. The van der Waals surface area contributed by atoms with Crippen molar-refractivity contribution in [3.63, 3.8) is 0 Å². The van der Waals surface area contributed by atoms with Crippen LogP contribution >= 0.6 is 11.3 Å². The smallest absolute Gasteiger partial charge is 0.190 e. The van der Waals surface area contributed by atoms with Crippen LogP contribution in [0.2, 0.25) is 0 Å². The van der Waals surface area contributed by atoms with Crippen LogP contribution in [-0.2, 0) is 13.0 Å². The molecular weight excluding hydrogens is 451 g/mol. The average Bonchev–Trinajstić information content (AvgIpc) is 3.26. The lowest BCUT2D eigenvalue weighted by Crippen LogP contribution is -2.17. The molecule has 0 aliphatic carbocycles. The van der Waals surface area contributed by atoms with Gasteiger partial charge in [-0.3, -0.25) is 0 Å². The van der Waals surface area contributed by atoms with Crippen LogP contribution < -0.4 is 19.0 Å². The summed E-state index contributed by atoms with van der Waals surface area (Å²) in [5.41, 5.74) is 3.90. The number of aromatic nitrogens is 1. The summed E-state index contributed by atoms with van der Waals surface area (Å²) in [4.78, 5) is 5.75. The second kappa shape index (κ2) is 11.0. The third-order valence-electron chi connectivity index (χ3n) is 5.38. The first-order valence-corrected chi connectivity index (χ1v) is 11.9. The van der Waals surface area contributed by atoms with Gasteiger partial charge in [-0.15, -0.1) is 11.3 Å². The molecule has 34 heavy (non-hydrogen) atoms. The highest BCUT2D eigenvalue weighted by Gasteiger charge is 2.11. The third-order valence-corrected chi connectivity index (χ3v) is 6.25. The van der Waals surface area contributed by atoms with Gasteiger partial charge in [0.2, 0.25) is 0 Å². The maximum Gasteiger partial charge on any atom is 0.190 e. The minimum atomic E-state index is -0.254. The van der Waals surface area contributed by atoms with E-state index in [9.17, 15) is 4.39 Å². The van der Waals surface area contributed by atoms with Gasteiger partial charge in [0.1, 0.15) is 11.6 Å². The van der Waals surface area contributed by atoms with Crippen molar-refractivity contribution in [2.45, 2.75) is 19.9 Å². The van der Waals surface area contributed by atoms with Crippen LogP contribution in [0.25, 0.3) is 11.3 Å². The second-order valence-corrected chi connectivity index (χ2v) is 8.38. The zero-order valence-electron chi connectivity index (χ0n) is 19.5. The molecule has 0 N–H and O–H groups in total. The van der Waals surface area contributed by atoms with Gasteiger partial charge in [-0.1, -0.05) is 6.07 Å². The molecule has 4 rings (SSSR count). The van der Waals surface area contributed by atoms with Crippen LogP contribution in [0.3, 0.4) is 0 Å². The standard InChI is InChI=1S/C27H27FN2O3S/c1-4-33-23-12-10-22(11-13-23)29-27-30(24(18-34-27)20-6-8-21(28)9-7-20)16-15-19-5-14-25(31-2)26(17-19)32-3/h5-14,17-18H,4,15-16H2,1-3H3. The van der Waals surface area contributed by atoms with Gasteiger partial charge in [0.05, 0.1) is 32.2 Å². The summed E-state index contributed by atoms with van der Waals surface area (Å²) in [7, 11) is 3.26. The van der Waals surface area contributed by atoms with Crippen molar-refractivity contribution in [2.75, 3.05) is 20.8 Å². The lowest BCUT2D eigenvalue weighted by Gasteiger charge is -2.12. The Kier molecular flexibility index (Phi) is 7.65. The summed E-state index contributed by atoms with van der Waals surface area (Å²) < 4.78 is 32.0. The van der Waals surface area contributed by atoms with Crippen LogP contribution in [0, 0.1) is 5.82 Å². The first kappa shape index (κ1) is 23.6. The Morgan fingerprint density at radius 1 is 0.912 bits per heavy atom. The van der Waals surface area contributed by atoms with Crippen LogP contribution in [0.15, 0.2) is 77.1 Å². The van der Waals surface area contributed by atoms with E-state index in [0.717, 1.165) is 39.5 Å². The van der Waals surface area contributed by atoms with Crippen LogP contribution in [0.4, 0.5) is 10.1 Å². The molecule has 1 heterocycles. The molecule has 0 aliphatic rings. The summed E-state index contributed by atoms with van der Waals surface area (Å²) >= 11 is 1.56. The molecule has 1 aromatic heterocycles. The monoisotopic (exact) mass is 478 g/mol. The van der Waals surface area contributed by atoms with Crippen molar-refractivity contribution in [3.8, 4) is 28.5 Å². The molecule has 0 saturated carbocycles. The fourth-order valence-corrected chi connectivity index (χ4v) is 4.61. The van der Waals surface area contributed by atoms with E-state index in [1.54, 1.807) is 37.7 Å². The summed E-state index contributed by atoms with van der Waals surface area (Å²) in [6.45, 7) is 3.28. The highest BCUT2D eigenvalue weighted by atomic mass is 32.1. The Bertz CT molecular complexity index is 1290. The van der Waals surface area contributed by atoms with Gasteiger partial charge < -0.3 is 18.8 Å². The van der Waals surface area contributed by atoms with E-state index in [1.165, 1.54) is 12.1 Å². The fourth-order valence-electron chi connectivity index (χ4n) is 3.66. The quantitative estimate of drug-likeness (QED) is 0.286. The molecule has 0 aliphatic heterocycles. The first-order chi connectivity index (χ1) is 16.6. The Morgan fingerprint density at radius 2 is 1.65 bits per heavy atom. The van der Waals surface area contributed by atoms with Crippen LogP contribution in [0.5, 0.6) is 17.2 Å². The summed E-state index contributed by atoms with van der Waals surface area (Å²) in [6, 6.07) is 20.2. The van der Waals surface area contributed by atoms with Crippen molar-refractivity contribution in [1.29, 1.82) is 0 Å². The number of halogens is 1. The van der Waals surface area contributed by atoms with Gasteiger partial charge in [0.25, 0.3) is 0 Å². The maximum atomic E-state index is 13.5. The largest absolute Gasteiger partial charge is 0.494 e. The highest BCUT2D eigenvalue weighted by molar-refractivity contribution is 7.07. The third kappa shape index (κ3) is 5.48. The molecule has 0 unspecified atom stereocenters. The highest BCUT2D eigenvalue weighted by Crippen LogP contribution is 2.28. The predicted octanol–water partition coefficient (Wildman–Crippen LogP) is 6.25. The normalized spacial score (nSPS) is 11.5. The van der Waals surface area contributed by atoms with E-state index in [2.05, 4.69) is 9.95 Å². The summed E-state index contributed by atoms with van der Waals surface area (Å²) in [6.07, 6.45) is 0.766. The zero-order chi connectivity index (χ0) is 23.9. The van der Waals surface area contributed by atoms with Crippen LogP contribution in [0.1, 0.15) is 12.5 Å². The molecule has 0 saturated heterocycles. The molecule has 0 amide bonds. The first-order valence-electron chi connectivity index (χ1n) is 11.0.